The minimum atomic E-state index is -4.59. The molecule has 0 unspecified atom stereocenters. The predicted molar refractivity (Wildman–Crippen MR) is 122 cm³/mol. The Morgan fingerprint density at radius 3 is 2.41 bits per heavy atom. The molecule has 1 heterocycles. The fraction of sp³-hybridized carbons (Fsp3) is 0.364. The summed E-state index contributed by atoms with van der Waals surface area (Å²) in [6, 6.07) is 8.68. The summed E-state index contributed by atoms with van der Waals surface area (Å²) in [5.41, 5.74) is -1.06. The maximum atomic E-state index is 13.1. The van der Waals surface area contributed by atoms with E-state index in [1.165, 1.54) is 36.4 Å². The number of amides is 2. The quantitative estimate of drug-likeness (QED) is 0.655. The van der Waals surface area contributed by atoms with E-state index < -0.39 is 27.5 Å². The van der Waals surface area contributed by atoms with Crippen molar-refractivity contribution in [3.63, 3.8) is 0 Å². The van der Waals surface area contributed by atoms with Gasteiger partial charge in [0.25, 0.3) is 5.91 Å². The van der Waals surface area contributed by atoms with Gasteiger partial charge in [-0.15, -0.1) is 0 Å². The zero-order valence-corrected chi connectivity index (χ0v) is 19.8. The Bertz CT molecular complexity index is 1190. The highest BCUT2D eigenvalue weighted by molar-refractivity contribution is 7.90. The molecule has 0 atom stereocenters. The van der Waals surface area contributed by atoms with Crippen molar-refractivity contribution >= 4 is 38.9 Å². The van der Waals surface area contributed by atoms with E-state index >= 15 is 0 Å². The van der Waals surface area contributed by atoms with Gasteiger partial charge in [-0.1, -0.05) is 23.7 Å². The van der Waals surface area contributed by atoms with E-state index in [4.69, 9.17) is 11.6 Å². The monoisotopic (exact) mass is 517 g/mol. The molecule has 1 fully saturated rings. The number of alkyl halides is 3. The molecule has 0 saturated carbocycles. The van der Waals surface area contributed by atoms with E-state index in [2.05, 4.69) is 5.32 Å². The molecule has 2 aromatic rings. The van der Waals surface area contributed by atoms with Crippen LogP contribution in [0, 0.1) is 0 Å². The van der Waals surface area contributed by atoms with Crippen LogP contribution in [0.2, 0.25) is 5.02 Å². The summed E-state index contributed by atoms with van der Waals surface area (Å²) in [5, 5.41) is 2.35. The second-order valence-electron chi connectivity index (χ2n) is 7.93. The average molecular weight is 518 g/mol. The molecule has 2 amide bonds. The lowest BCUT2D eigenvalue weighted by molar-refractivity contribution is -0.137. The van der Waals surface area contributed by atoms with E-state index in [0.717, 1.165) is 12.3 Å². The third kappa shape index (κ3) is 6.49. The number of benzene rings is 2. The van der Waals surface area contributed by atoms with Gasteiger partial charge < -0.3 is 10.2 Å². The van der Waals surface area contributed by atoms with Gasteiger partial charge in [0.2, 0.25) is 5.91 Å². The number of anilines is 1. The number of carbonyl (C=O) groups is 2. The van der Waals surface area contributed by atoms with E-state index in [1.54, 1.807) is 9.80 Å². The smallest absolute Gasteiger partial charge is 0.337 e. The van der Waals surface area contributed by atoms with Crippen LogP contribution in [0.15, 0.2) is 47.4 Å². The van der Waals surface area contributed by atoms with Gasteiger partial charge in [-0.25, -0.2) is 8.42 Å². The van der Waals surface area contributed by atoms with Crippen LogP contribution < -0.4 is 5.32 Å². The Morgan fingerprint density at radius 2 is 1.76 bits per heavy atom. The molecule has 0 radical (unpaired) electrons. The largest absolute Gasteiger partial charge is 0.418 e. The molecule has 1 N–H and O–H groups in total. The minimum Gasteiger partial charge on any atom is -0.337 e. The average Bonchev–Trinajstić information content (AvgIpc) is 2.97. The number of hydrogen-bond donors (Lipinski definition) is 1. The van der Waals surface area contributed by atoms with Gasteiger partial charge in [0, 0.05) is 32.4 Å². The molecule has 12 heteroatoms. The first kappa shape index (κ1) is 26.0. The molecule has 2 aromatic carbocycles. The van der Waals surface area contributed by atoms with Crippen molar-refractivity contribution in [2.75, 3.05) is 44.3 Å². The summed E-state index contributed by atoms with van der Waals surface area (Å²) in [6.45, 7) is 1.34. The van der Waals surface area contributed by atoms with Crippen LogP contribution >= 0.6 is 11.6 Å². The third-order valence-electron chi connectivity index (χ3n) is 5.35. The van der Waals surface area contributed by atoms with Crippen LogP contribution in [0.4, 0.5) is 18.9 Å². The second-order valence-corrected chi connectivity index (χ2v) is 10.4. The van der Waals surface area contributed by atoms with E-state index in [-0.39, 0.29) is 40.2 Å². The standard InChI is InChI=1S/C22H23ClF3N3O4S/c1-34(32,33)15-7-8-16(18(23)13-15)21(31)29-10-4-9-28(11-12-29)14-20(30)27-19-6-3-2-5-17(19)22(24,25)26/h2-3,5-8,13H,4,9-12,14H2,1H3,(H,27,30). The van der Waals surface area contributed by atoms with Crippen molar-refractivity contribution in [2.24, 2.45) is 0 Å². The molecule has 184 valence electrons. The second kappa shape index (κ2) is 10.3. The Labute approximate surface area is 200 Å². The highest BCUT2D eigenvalue weighted by Gasteiger charge is 2.33. The number of halogens is 4. The summed E-state index contributed by atoms with van der Waals surface area (Å²) in [7, 11) is -3.47. The summed E-state index contributed by atoms with van der Waals surface area (Å²) in [6.07, 6.45) is -3.01. The number of rotatable bonds is 5. The molecule has 3 rings (SSSR count). The molecule has 0 aliphatic carbocycles. The highest BCUT2D eigenvalue weighted by atomic mass is 35.5. The van der Waals surface area contributed by atoms with E-state index in [9.17, 15) is 31.2 Å². The Morgan fingerprint density at radius 1 is 1.06 bits per heavy atom. The van der Waals surface area contributed by atoms with Crippen molar-refractivity contribution in [3.8, 4) is 0 Å². The van der Waals surface area contributed by atoms with Crippen molar-refractivity contribution < 1.29 is 31.2 Å². The lowest BCUT2D eigenvalue weighted by atomic mass is 10.1. The molecule has 0 spiro atoms. The Hall–Kier alpha value is -2.63. The maximum Gasteiger partial charge on any atom is 0.418 e. The van der Waals surface area contributed by atoms with Crippen molar-refractivity contribution in [1.29, 1.82) is 0 Å². The van der Waals surface area contributed by atoms with Crippen LogP contribution in [0.3, 0.4) is 0 Å². The van der Waals surface area contributed by atoms with Crippen molar-refractivity contribution in [1.82, 2.24) is 9.80 Å². The van der Waals surface area contributed by atoms with E-state index in [1.807, 2.05) is 0 Å². The first-order chi connectivity index (χ1) is 15.9. The summed E-state index contributed by atoms with van der Waals surface area (Å²) >= 11 is 6.15. The molecular weight excluding hydrogens is 495 g/mol. The molecular formula is C22H23ClF3N3O4S. The van der Waals surface area contributed by atoms with Gasteiger partial charge in [0.1, 0.15) is 0 Å². The van der Waals surface area contributed by atoms with Crippen LogP contribution in [0.5, 0.6) is 0 Å². The fourth-order valence-electron chi connectivity index (χ4n) is 3.63. The summed E-state index contributed by atoms with van der Waals surface area (Å²) in [4.78, 5) is 28.6. The van der Waals surface area contributed by atoms with Crippen LogP contribution in [-0.2, 0) is 20.8 Å². The number of sulfone groups is 1. The molecule has 7 nitrogen and oxygen atoms in total. The predicted octanol–water partition coefficient (Wildman–Crippen LogP) is 3.55. The molecule has 1 aliphatic rings. The zero-order valence-electron chi connectivity index (χ0n) is 18.2. The van der Waals surface area contributed by atoms with E-state index in [0.29, 0.717) is 26.1 Å². The Balaban J connectivity index is 1.62. The molecule has 1 saturated heterocycles. The van der Waals surface area contributed by atoms with Gasteiger partial charge in [0.15, 0.2) is 9.84 Å². The van der Waals surface area contributed by atoms with Crippen LogP contribution in [-0.4, -0.2) is 69.0 Å². The van der Waals surface area contributed by atoms with Crippen LogP contribution in [0.25, 0.3) is 0 Å². The number of para-hydroxylation sites is 1. The van der Waals surface area contributed by atoms with Gasteiger partial charge in [-0.2, -0.15) is 13.2 Å². The number of nitrogens with one attached hydrogen (secondary N) is 1. The first-order valence-electron chi connectivity index (χ1n) is 10.3. The summed E-state index contributed by atoms with van der Waals surface area (Å²) < 4.78 is 62.8. The normalized spacial score (nSPS) is 15.6. The molecule has 34 heavy (non-hydrogen) atoms. The van der Waals surface area contributed by atoms with Gasteiger partial charge in [-0.05, 0) is 36.8 Å². The van der Waals surface area contributed by atoms with Gasteiger partial charge >= 0.3 is 6.18 Å². The minimum absolute atomic E-state index is 0.00852. The molecule has 1 aliphatic heterocycles. The SMILES string of the molecule is CS(=O)(=O)c1ccc(C(=O)N2CCCN(CC(=O)Nc3ccccc3C(F)(F)F)CC2)c(Cl)c1. The number of carbonyl (C=O) groups excluding carboxylic acids is 2. The van der Waals surface area contributed by atoms with Crippen molar-refractivity contribution in [2.45, 2.75) is 17.5 Å². The van der Waals surface area contributed by atoms with Gasteiger partial charge in [0.05, 0.1) is 33.3 Å². The number of nitrogens with zero attached hydrogens (tertiary/aromatic N) is 2. The molecule has 0 bridgehead atoms. The van der Waals surface area contributed by atoms with Crippen molar-refractivity contribution in [3.05, 3.63) is 58.6 Å². The highest BCUT2D eigenvalue weighted by Crippen LogP contribution is 2.34. The first-order valence-corrected chi connectivity index (χ1v) is 12.6. The van der Waals surface area contributed by atoms with Gasteiger partial charge in [-0.3, -0.25) is 14.5 Å². The topological polar surface area (TPSA) is 86.8 Å². The lowest BCUT2D eigenvalue weighted by Crippen LogP contribution is -2.38. The molecule has 0 aromatic heterocycles. The number of hydrogen-bond acceptors (Lipinski definition) is 5. The van der Waals surface area contributed by atoms with Crippen LogP contribution in [0.1, 0.15) is 22.3 Å². The lowest BCUT2D eigenvalue weighted by Gasteiger charge is -2.22. The third-order valence-corrected chi connectivity index (χ3v) is 6.77. The Kier molecular flexibility index (Phi) is 7.89. The fourth-order valence-corrected chi connectivity index (χ4v) is 4.61. The zero-order chi connectivity index (χ0) is 25.1. The maximum absolute atomic E-state index is 13.1. The summed E-state index contributed by atoms with van der Waals surface area (Å²) in [5.74, 6) is -0.952.